The number of nitrogens with one attached hydrogen (secondary N) is 1. The molecule has 2 N–H and O–H groups in total. The predicted octanol–water partition coefficient (Wildman–Crippen LogP) is 0.989. The molecule has 19 heavy (non-hydrogen) atoms. The first kappa shape index (κ1) is 11.6. The molecule has 0 spiro atoms. The van der Waals surface area contributed by atoms with Crippen LogP contribution in [0.15, 0.2) is 22.9 Å². The number of aromatic nitrogens is 5. The van der Waals surface area contributed by atoms with Crippen molar-refractivity contribution in [3.63, 3.8) is 0 Å². The van der Waals surface area contributed by atoms with Crippen LogP contribution in [0.3, 0.4) is 0 Å². The first-order valence-electron chi connectivity index (χ1n) is 5.83. The summed E-state index contributed by atoms with van der Waals surface area (Å²) in [6, 6.07) is 0. The number of carboxylic acid groups (broad SMARTS) is 1. The van der Waals surface area contributed by atoms with Crippen molar-refractivity contribution in [2.45, 2.75) is 18.8 Å². The molecule has 1 aliphatic carbocycles. The molecule has 0 radical (unpaired) electrons. The van der Waals surface area contributed by atoms with E-state index in [0.717, 1.165) is 0 Å². The van der Waals surface area contributed by atoms with E-state index in [1.807, 2.05) is 12.2 Å². The predicted molar refractivity (Wildman–Crippen MR) is 61.9 cm³/mol. The maximum atomic E-state index is 11.2. The molecule has 2 aromatic heterocycles. The molecular formula is C11H11N5O3. The van der Waals surface area contributed by atoms with Crippen molar-refractivity contribution in [2.75, 3.05) is 0 Å². The van der Waals surface area contributed by atoms with Gasteiger partial charge < -0.3 is 9.63 Å². The minimum absolute atomic E-state index is 0.296. The van der Waals surface area contributed by atoms with E-state index < -0.39 is 11.9 Å². The van der Waals surface area contributed by atoms with E-state index in [9.17, 15) is 9.90 Å². The van der Waals surface area contributed by atoms with Gasteiger partial charge in [0, 0.05) is 0 Å². The molecule has 2 heterocycles. The molecule has 98 valence electrons. The fourth-order valence-corrected chi connectivity index (χ4v) is 2.16. The van der Waals surface area contributed by atoms with Gasteiger partial charge in [-0.2, -0.15) is 20.4 Å². The Morgan fingerprint density at radius 1 is 1.42 bits per heavy atom. The molecule has 0 amide bonds. The molecular weight excluding hydrogens is 250 g/mol. The number of rotatable bonds is 3. The SMILES string of the molecule is O=C(O)C1CC=CCC1c1nc(-c2cn[nH]n2)no1. The van der Waals surface area contributed by atoms with Crippen LogP contribution in [0, 0.1) is 5.92 Å². The maximum absolute atomic E-state index is 11.2. The summed E-state index contributed by atoms with van der Waals surface area (Å²) in [5.74, 6) is -1.04. The molecule has 0 aliphatic heterocycles. The minimum atomic E-state index is -0.851. The molecule has 0 bridgehead atoms. The average Bonchev–Trinajstić information content (AvgIpc) is 3.09. The van der Waals surface area contributed by atoms with Gasteiger partial charge in [-0.05, 0) is 12.8 Å². The van der Waals surface area contributed by atoms with E-state index >= 15 is 0 Å². The number of hydrogen-bond acceptors (Lipinski definition) is 6. The fourth-order valence-electron chi connectivity index (χ4n) is 2.16. The second-order valence-electron chi connectivity index (χ2n) is 4.31. The lowest BCUT2D eigenvalue weighted by atomic mass is 9.83. The van der Waals surface area contributed by atoms with Crippen molar-refractivity contribution >= 4 is 5.97 Å². The van der Waals surface area contributed by atoms with Crippen LogP contribution in [0.2, 0.25) is 0 Å². The number of aliphatic carboxylic acids is 1. The van der Waals surface area contributed by atoms with Gasteiger partial charge in [-0.1, -0.05) is 17.3 Å². The second-order valence-corrected chi connectivity index (χ2v) is 4.31. The van der Waals surface area contributed by atoms with Crippen LogP contribution in [0.4, 0.5) is 0 Å². The number of hydrogen-bond donors (Lipinski definition) is 2. The molecule has 2 unspecified atom stereocenters. The van der Waals surface area contributed by atoms with Crippen LogP contribution in [0.25, 0.3) is 11.5 Å². The van der Waals surface area contributed by atoms with Crippen molar-refractivity contribution in [1.29, 1.82) is 0 Å². The van der Waals surface area contributed by atoms with Gasteiger partial charge in [-0.25, -0.2) is 0 Å². The summed E-state index contributed by atoms with van der Waals surface area (Å²) in [5.41, 5.74) is 0.466. The highest BCUT2D eigenvalue weighted by Gasteiger charge is 2.34. The van der Waals surface area contributed by atoms with E-state index in [2.05, 4.69) is 25.6 Å². The highest BCUT2D eigenvalue weighted by molar-refractivity contribution is 5.71. The Hall–Kier alpha value is -2.51. The molecule has 0 saturated heterocycles. The number of nitrogens with zero attached hydrogens (tertiary/aromatic N) is 4. The number of H-pyrrole nitrogens is 1. The zero-order valence-electron chi connectivity index (χ0n) is 9.85. The van der Waals surface area contributed by atoms with Gasteiger partial charge in [0.2, 0.25) is 11.7 Å². The largest absolute Gasteiger partial charge is 0.481 e. The monoisotopic (exact) mass is 261 g/mol. The van der Waals surface area contributed by atoms with E-state index in [1.54, 1.807) is 0 Å². The molecule has 2 aromatic rings. The average molecular weight is 261 g/mol. The summed E-state index contributed by atoms with van der Waals surface area (Å²) in [7, 11) is 0. The van der Waals surface area contributed by atoms with E-state index in [1.165, 1.54) is 6.20 Å². The Morgan fingerprint density at radius 2 is 2.26 bits per heavy atom. The Kier molecular flexibility index (Phi) is 2.82. The van der Waals surface area contributed by atoms with Crippen molar-refractivity contribution < 1.29 is 14.4 Å². The lowest BCUT2D eigenvalue weighted by Crippen LogP contribution is -2.23. The second kappa shape index (κ2) is 4.63. The van der Waals surface area contributed by atoms with E-state index in [4.69, 9.17) is 4.52 Å². The zero-order chi connectivity index (χ0) is 13.2. The van der Waals surface area contributed by atoms with Gasteiger partial charge in [0.05, 0.1) is 18.0 Å². The number of allylic oxidation sites excluding steroid dienone is 2. The molecule has 2 atom stereocenters. The van der Waals surface area contributed by atoms with Crippen LogP contribution in [0.1, 0.15) is 24.7 Å². The maximum Gasteiger partial charge on any atom is 0.307 e. The van der Waals surface area contributed by atoms with E-state index in [-0.39, 0.29) is 5.92 Å². The van der Waals surface area contributed by atoms with Gasteiger partial charge in [0.25, 0.3) is 0 Å². The third-order valence-electron chi connectivity index (χ3n) is 3.15. The van der Waals surface area contributed by atoms with Crippen LogP contribution in [-0.2, 0) is 4.79 Å². The Bertz CT molecular complexity index is 604. The third-order valence-corrected chi connectivity index (χ3v) is 3.15. The van der Waals surface area contributed by atoms with Crippen molar-refractivity contribution in [2.24, 2.45) is 5.92 Å². The van der Waals surface area contributed by atoms with Crippen LogP contribution < -0.4 is 0 Å². The number of carbonyl (C=O) groups is 1. The van der Waals surface area contributed by atoms with Crippen molar-refractivity contribution in [3.8, 4) is 11.5 Å². The molecule has 8 nitrogen and oxygen atoms in total. The molecule has 0 saturated carbocycles. The number of carboxylic acids is 1. The molecule has 8 heteroatoms. The first-order chi connectivity index (χ1) is 9.25. The summed E-state index contributed by atoms with van der Waals surface area (Å²) in [5, 5.41) is 23.0. The van der Waals surface area contributed by atoms with Crippen LogP contribution >= 0.6 is 0 Å². The summed E-state index contributed by atoms with van der Waals surface area (Å²) >= 11 is 0. The van der Waals surface area contributed by atoms with Gasteiger partial charge in [-0.3, -0.25) is 4.79 Å². The molecule has 0 aromatic carbocycles. The topological polar surface area (TPSA) is 118 Å². The third kappa shape index (κ3) is 2.12. The molecule has 3 rings (SSSR count). The normalized spacial score (nSPS) is 22.5. The van der Waals surface area contributed by atoms with Gasteiger partial charge in [0.1, 0.15) is 0 Å². The standard InChI is InChI=1S/C11H11N5O3/c17-11(18)7-4-2-1-3-6(7)10-13-9(15-19-10)8-5-12-16-14-8/h1-2,5-7H,3-4H2,(H,17,18)(H,12,14,16). The summed E-state index contributed by atoms with van der Waals surface area (Å²) < 4.78 is 5.17. The summed E-state index contributed by atoms with van der Waals surface area (Å²) in [4.78, 5) is 15.4. The summed E-state index contributed by atoms with van der Waals surface area (Å²) in [6.45, 7) is 0. The smallest absolute Gasteiger partial charge is 0.307 e. The summed E-state index contributed by atoms with van der Waals surface area (Å²) in [6.07, 6.45) is 6.33. The molecule has 1 aliphatic rings. The van der Waals surface area contributed by atoms with Gasteiger partial charge in [-0.15, -0.1) is 0 Å². The lowest BCUT2D eigenvalue weighted by Gasteiger charge is -2.21. The van der Waals surface area contributed by atoms with Gasteiger partial charge >= 0.3 is 5.97 Å². The van der Waals surface area contributed by atoms with Gasteiger partial charge in [0.15, 0.2) is 5.69 Å². The van der Waals surface area contributed by atoms with E-state index in [0.29, 0.717) is 30.3 Å². The molecule has 0 fully saturated rings. The Labute approximate surface area is 107 Å². The van der Waals surface area contributed by atoms with Crippen molar-refractivity contribution in [3.05, 3.63) is 24.2 Å². The minimum Gasteiger partial charge on any atom is -0.481 e. The fraction of sp³-hybridized carbons (Fsp3) is 0.364. The zero-order valence-corrected chi connectivity index (χ0v) is 9.85. The van der Waals surface area contributed by atoms with Crippen LogP contribution in [0.5, 0.6) is 0 Å². The lowest BCUT2D eigenvalue weighted by molar-refractivity contribution is -0.142. The quantitative estimate of drug-likeness (QED) is 0.791. The highest BCUT2D eigenvalue weighted by Crippen LogP contribution is 2.34. The first-order valence-corrected chi connectivity index (χ1v) is 5.83. The number of aromatic amines is 1. The Balaban J connectivity index is 1.89. The van der Waals surface area contributed by atoms with Crippen LogP contribution in [-0.4, -0.2) is 36.6 Å². The van der Waals surface area contributed by atoms with Crippen molar-refractivity contribution in [1.82, 2.24) is 25.6 Å². The highest BCUT2D eigenvalue weighted by atomic mass is 16.5. The Morgan fingerprint density at radius 3 is 3.00 bits per heavy atom.